The number of pyridine rings is 1. The van der Waals surface area contributed by atoms with Crippen LogP contribution in [0.5, 0.6) is 5.75 Å². The molecule has 6 nitrogen and oxygen atoms in total. The molecule has 0 bridgehead atoms. The lowest BCUT2D eigenvalue weighted by Crippen LogP contribution is -2.38. The fourth-order valence-electron chi connectivity index (χ4n) is 5.04. The van der Waals surface area contributed by atoms with Crippen molar-refractivity contribution in [2.24, 2.45) is 5.92 Å². The second-order valence-corrected chi connectivity index (χ2v) is 8.97. The summed E-state index contributed by atoms with van der Waals surface area (Å²) in [5.41, 5.74) is 2.71. The Kier molecular flexibility index (Phi) is 5.95. The zero-order valence-corrected chi connectivity index (χ0v) is 19.5. The molecule has 1 aliphatic carbocycles. The summed E-state index contributed by atoms with van der Waals surface area (Å²) >= 11 is 0. The van der Waals surface area contributed by atoms with Crippen LogP contribution in [0.2, 0.25) is 0 Å². The van der Waals surface area contributed by atoms with Gasteiger partial charge in [-0.3, -0.25) is 14.4 Å². The first-order valence-electron chi connectivity index (χ1n) is 11.8. The molecule has 1 aliphatic rings. The van der Waals surface area contributed by atoms with Gasteiger partial charge in [-0.1, -0.05) is 42.5 Å². The zero-order chi connectivity index (χ0) is 24.5. The number of rotatable bonds is 5. The number of para-hydroxylation sites is 2. The number of phenolic OH excluding ortho intramolecular Hbond substituents is 1. The molecule has 4 aromatic rings. The first-order chi connectivity index (χ1) is 17.0. The van der Waals surface area contributed by atoms with E-state index in [0.717, 1.165) is 11.1 Å². The minimum atomic E-state index is -0.596. The summed E-state index contributed by atoms with van der Waals surface area (Å²) in [7, 11) is 0. The Hall–Kier alpha value is -4.19. The van der Waals surface area contributed by atoms with Crippen LogP contribution < -0.4 is 10.5 Å². The number of carbonyl (C=O) groups excluding carboxylic acids is 2. The summed E-state index contributed by atoms with van der Waals surface area (Å²) in [5, 5.41) is 10.4. The lowest BCUT2D eigenvalue weighted by molar-refractivity contribution is 0.0882. The van der Waals surface area contributed by atoms with Crippen molar-refractivity contribution in [1.29, 1.82) is 0 Å². The number of benzene rings is 3. The van der Waals surface area contributed by atoms with Gasteiger partial charge in [0.2, 0.25) is 5.91 Å². The van der Waals surface area contributed by atoms with Gasteiger partial charge in [0.1, 0.15) is 11.3 Å². The molecule has 0 saturated heterocycles. The SMILES string of the molecule is CCN(C(=O)c1cc2ccccc2n(C(=O)CC2Cc3ccc(O)cc3C2)c1=O)c1ccccc1. The highest BCUT2D eigenvalue weighted by Crippen LogP contribution is 2.31. The lowest BCUT2D eigenvalue weighted by atomic mass is 10.0. The van der Waals surface area contributed by atoms with E-state index in [9.17, 15) is 19.5 Å². The number of hydrogen-bond acceptors (Lipinski definition) is 4. The van der Waals surface area contributed by atoms with E-state index < -0.39 is 11.5 Å². The number of phenols is 1. The predicted octanol–water partition coefficient (Wildman–Crippen LogP) is 4.82. The van der Waals surface area contributed by atoms with Gasteiger partial charge < -0.3 is 10.0 Å². The fraction of sp³-hybridized carbons (Fsp3) is 0.207. The van der Waals surface area contributed by atoms with E-state index in [-0.39, 0.29) is 29.6 Å². The van der Waals surface area contributed by atoms with Crippen molar-refractivity contribution < 1.29 is 14.7 Å². The van der Waals surface area contributed by atoms with Crippen LogP contribution in [0, 0.1) is 5.92 Å². The van der Waals surface area contributed by atoms with Crippen LogP contribution in [0.1, 0.15) is 39.6 Å². The Labute approximate surface area is 203 Å². The molecule has 3 aromatic carbocycles. The minimum Gasteiger partial charge on any atom is -0.508 e. The number of amides is 1. The first kappa shape index (κ1) is 22.6. The molecule has 1 aromatic heterocycles. The molecule has 176 valence electrons. The molecule has 0 radical (unpaired) electrons. The van der Waals surface area contributed by atoms with Gasteiger partial charge in [0.15, 0.2) is 0 Å². The van der Waals surface area contributed by atoms with E-state index in [0.29, 0.717) is 36.0 Å². The number of aromatic hydroxyl groups is 1. The van der Waals surface area contributed by atoms with Gasteiger partial charge >= 0.3 is 0 Å². The van der Waals surface area contributed by atoms with Gasteiger partial charge in [-0.2, -0.15) is 0 Å². The van der Waals surface area contributed by atoms with E-state index in [2.05, 4.69) is 0 Å². The first-order valence-corrected chi connectivity index (χ1v) is 11.8. The largest absolute Gasteiger partial charge is 0.508 e. The maximum absolute atomic E-state index is 13.6. The van der Waals surface area contributed by atoms with Crippen LogP contribution in [-0.2, 0) is 12.8 Å². The van der Waals surface area contributed by atoms with Crippen LogP contribution >= 0.6 is 0 Å². The summed E-state index contributed by atoms with van der Waals surface area (Å²) in [6.07, 6.45) is 1.55. The summed E-state index contributed by atoms with van der Waals surface area (Å²) in [4.78, 5) is 42.2. The second-order valence-electron chi connectivity index (χ2n) is 8.97. The molecule has 0 spiro atoms. The summed E-state index contributed by atoms with van der Waals surface area (Å²) in [6, 6.07) is 23.2. The van der Waals surface area contributed by atoms with Gasteiger partial charge in [-0.25, -0.2) is 4.57 Å². The van der Waals surface area contributed by atoms with Crippen LogP contribution in [0.25, 0.3) is 10.9 Å². The Morgan fingerprint density at radius 1 is 0.943 bits per heavy atom. The number of fused-ring (bicyclic) bond motifs is 2. The zero-order valence-electron chi connectivity index (χ0n) is 19.5. The van der Waals surface area contributed by atoms with Gasteiger partial charge in [-0.05, 0) is 78.6 Å². The Morgan fingerprint density at radius 3 is 2.43 bits per heavy atom. The molecular formula is C29H26N2O4. The molecule has 1 N–H and O–H groups in total. The molecule has 35 heavy (non-hydrogen) atoms. The number of aromatic nitrogens is 1. The van der Waals surface area contributed by atoms with Crippen molar-refractivity contribution in [3.63, 3.8) is 0 Å². The Balaban J connectivity index is 1.52. The van der Waals surface area contributed by atoms with Crippen LogP contribution in [0.4, 0.5) is 5.69 Å². The number of anilines is 1. The third-order valence-electron chi connectivity index (χ3n) is 6.69. The van der Waals surface area contributed by atoms with Crippen molar-refractivity contribution >= 4 is 28.4 Å². The molecule has 1 atom stereocenters. The summed E-state index contributed by atoms with van der Waals surface area (Å²) in [5.74, 6) is -0.519. The monoisotopic (exact) mass is 466 g/mol. The lowest BCUT2D eigenvalue weighted by Gasteiger charge is -2.22. The van der Waals surface area contributed by atoms with Gasteiger partial charge in [0, 0.05) is 18.7 Å². The number of nitrogens with zero attached hydrogens (tertiary/aromatic N) is 2. The average Bonchev–Trinajstić information content (AvgIpc) is 3.25. The molecule has 0 fully saturated rings. The van der Waals surface area contributed by atoms with Crippen molar-refractivity contribution in [2.75, 3.05) is 11.4 Å². The number of hydrogen-bond donors (Lipinski definition) is 1. The van der Waals surface area contributed by atoms with Crippen LogP contribution in [-0.4, -0.2) is 28.0 Å². The normalized spacial score (nSPS) is 14.6. The van der Waals surface area contributed by atoms with Crippen molar-refractivity contribution in [2.45, 2.75) is 26.2 Å². The van der Waals surface area contributed by atoms with Gasteiger partial charge in [-0.15, -0.1) is 0 Å². The fourth-order valence-corrected chi connectivity index (χ4v) is 5.04. The highest BCUT2D eigenvalue weighted by atomic mass is 16.3. The standard InChI is InChI=1S/C29H26N2O4/c1-2-30(23-9-4-3-5-10-23)28(34)25-18-21-8-6-7-11-26(21)31(29(25)35)27(33)16-19-14-20-12-13-24(32)17-22(20)15-19/h3-13,17-19,32H,2,14-16H2,1H3. The second kappa shape index (κ2) is 9.22. The third-order valence-corrected chi connectivity index (χ3v) is 6.69. The molecule has 1 amide bonds. The molecule has 1 heterocycles. The molecule has 6 heteroatoms. The molecule has 1 unspecified atom stereocenters. The maximum atomic E-state index is 13.6. The molecule has 5 rings (SSSR count). The Morgan fingerprint density at radius 2 is 1.66 bits per heavy atom. The Bertz CT molecular complexity index is 1490. The molecule has 0 aliphatic heterocycles. The number of carbonyl (C=O) groups is 2. The van der Waals surface area contributed by atoms with E-state index in [4.69, 9.17) is 0 Å². The predicted molar refractivity (Wildman–Crippen MR) is 136 cm³/mol. The maximum Gasteiger partial charge on any atom is 0.270 e. The van der Waals surface area contributed by atoms with Gasteiger partial charge in [0.05, 0.1) is 5.52 Å². The minimum absolute atomic E-state index is 0.0256. The van der Waals surface area contributed by atoms with Crippen molar-refractivity contribution in [3.8, 4) is 5.75 Å². The van der Waals surface area contributed by atoms with E-state index in [1.807, 2.05) is 55.5 Å². The van der Waals surface area contributed by atoms with E-state index in [1.54, 1.807) is 35.2 Å². The molecular weight excluding hydrogens is 440 g/mol. The van der Waals surface area contributed by atoms with Gasteiger partial charge in [0.25, 0.3) is 11.5 Å². The quantitative estimate of drug-likeness (QED) is 0.457. The average molecular weight is 467 g/mol. The van der Waals surface area contributed by atoms with Crippen molar-refractivity contribution in [3.05, 3.63) is 106 Å². The van der Waals surface area contributed by atoms with Crippen LogP contribution in [0.15, 0.2) is 83.7 Å². The highest BCUT2D eigenvalue weighted by Gasteiger charge is 2.28. The summed E-state index contributed by atoms with van der Waals surface area (Å²) < 4.78 is 1.17. The van der Waals surface area contributed by atoms with Crippen molar-refractivity contribution in [1.82, 2.24) is 4.57 Å². The van der Waals surface area contributed by atoms with E-state index in [1.165, 1.54) is 4.57 Å². The topological polar surface area (TPSA) is 79.6 Å². The van der Waals surface area contributed by atoms with E-state index >= 15 is 0 Å². The van der Waals surface area contributed by atoms with Crippen LogP contribution in [0.3, 0.4) is 0 Å². The molecule has 0 saturated carbocycles. The summed E-state index contributed by atoms with van der Waals surface area (Å²) in [6.45, 7) is 2.24. The smallest absolute Gasteiger partial charge is 0.270 e. The highest BCUT2D eigenvalue weighted by molar-refractivity contribution is 6.08. The third kappa shape index (κ3) is 4.23.